The number of methoxy groups -OCH3 is 1. The molecule has 1 N–H and O–H groups in total. The molecule has 1 aromatic heterocycles. The van der Waals surface area contributed by atoms with Crippen LogP contribution in [0, 0.1) is 17.0 Å². The molecule has 0 bridgehead atoms. The Labute approximate surface area is 183 Å². The maximum atomic E-state index is 12.4. The second-order valence-corrected chi connectivity index (χ2v) is 7.44. The highest BCUT2D eigenvalue weighted by Crippen LogP contribution is 2.31. The Bertz CT molecular complexity index is 1130. The van der Waals surface area contributed by atoms with Gasteiger partial charge in [-0.25, -0.2) is 0 Å². The lowest BCUT2D eigenvalue weighted by molar-refractivity contribution is -0.384. The molecular weight excluding hydrogens is 418 g/mol. The number of nitrogens with zero attached hydrogens (tertiary/aromatic N) is 4. The molecule has 3 aromatic rings. The number of nitrogens with one attached hydrogen (secondary N) is 1. The van der Waals surface area contributed by atoms with Crippen LogP contribution in [0.3, 0.4) is 0 Å². The van der Waals surface area contributed by atoms with Gasteiger partial charge in [-0.3, -0.25) is 19.5 Å². The van der Waals surface area contributed by atoms with Crippen molar-refractivity contribution in [3.63, 3.8) is 0 Å². The number of carbonyl (C=O) groups is 1. The largest absolute Gasteiger partial charge is 0.496 e. The van der Waals surface area contributed by atoms with Gasteiger partial charge in [0.05, 0.1) is 23.3 Å². The third-order valence-electron chi connectivity index (χ3n) is 4.40. The molecule has 160 valence electrons. The van der Waals surface area contributed by atoms with Gasteiger partial charge in [0.1, 0.15) is 5.75 Å². The molecule has 0 saturated carbocycles. The summed E-state index contributed by atoms with van der Waals surface area (Å²) in [6.07, 6.45) is 1.73. The van der Waals surface area contributed by atoms with Crippen molar-refractivity contribution in [2.75, 3.05) is 18.2 Å². The Balaban J connectivity index is 1.74. The first kappa shape index (κ1) is 22.0. The number of non-ortho nitro benzene ring substituents is 1. The number of aromatic nitrogens is 3. The van der Waals surface area contributed by atoms with Gasteiger partial charge in [0.15, 0.2) is 11.0 Å². The fourth-order valence-corrected chi connectivity index (χ4v) is 3.68. The molecule has 0 aliphatic heterocycles. The molecule has 0 atom stereocenters. The number of allylic oxidation sites excluding steroid dienone is 1. The Morgan fingerprint density at radius 1 is 1.32 bits per heavy atom. The van der Waals surface area contributed by atoms with Crippen LogP contribution in [-0.4, -0.2) is 38.5 Å². The van der Waals surface area contributed by atoms with E-state index in [2.05, 4.69) is 22.1 Å². The van der Waals surface area contributed by atoms with Gasteiger partial charge in [-0.1, -0.05) is 30.0 Å². The summed E-state index contributed by atoms with van der Waals surface area (Å²) < 4.78 is 7.28. The summed E-state index contributed by atoms with van der Waals surface area (Å²) in [5.74, 6) is 1.13. The Hall–Kier alpha value is -3.66. The van der Waals surface area contributed by atoms with E-state index in [1.807, 2.05) is 28.8 Å². The van der Waals surface area contributed by atoms with Gasteiger partial charge in [0.25, 0.3) is 5.69 Å². The van der Waals surface area contributed by atoms with Crippen molar-refractivity contribution in [2.45, 2.75) is 18.6 Å². The molecule has 31 heavy (non-hydrogen) atoms. The van der Waals surface area contributed by atoms with Gasteiger partial charge in [0.2, 0.25) is 5.91 Å². The zero-order valence-electron chi connectivity index (χ0n) is 17.1. The molecule has 0 radical (unpaired) electrons. The molecule has 2 aromatic carbocycles. The molecule has 0 fully saturated rings. The van der Waals surface area contributed by atoms with Crippen molar-refractivity contribution in [2.24, 2.45) is 0 Å². The van der Waals surface area contributed by atoms with Crippen LogP contribution in [-0.2, 0) is 11.3 Å². The number of hydrogen-bond acceptors (Lipinski definition) is 7. The summed E-state index contributed by atoms with van der Waals surface area (Å²) in [5, 5.41) is 22.7. The van der Waals surface area contributed by atoms with Crippen LogP contribution in [0.5, 0.6) is 5.75 Å². The normalized spacial score (nSPS) is 10.5. The molecule has 0 aliphatic rings. The van der Waals surface area contributed by atoms with Crippen LogP contribution in [0.25, 0.3) is 11.4 Å². The first-order valence-corrected chi connectivity index (χ1v) is 10.3. The maximum absolute atomic E-state index is 12.4. The lowest BCUT2D eigenvalue weighted by atomic mass is 10.2. The molecular formula is C21H21N5O4S. The van der Waals surface area contributed by atoms with Crippen molar-refractivity contribution in [3.05, 3.63) is 70.8 Å². The number of nitro benzene ring substituents is 1. The third-order valence-corrected chi connectivity index (χ3v) is 5.37. The van der Waals surface area contributed by atoms with Crippen molar-refractivity contribution < 1.29 is 14.5 Å². The monoisotopic (exact) mass is 439 g/mol. The lowest BCUT2D eigenvalue weighted by Crippen LogP contribution is -2.15. The minimum absolute atomic E-state index is 0.0220. The van der Waals surface area contributed by atoms with Crippen molar-refractivity contribution in [3.8, 4) is 17.1 Å². The smallest absolute Gasteiger partial charge is 0.269 e. The average Bonchev–Trinajstić information content (AvgIpc) is 3.16. The van der Waals surface area contributed by atoms with Crippen molar-refractivity contribution in [1.82, 2.24) is 14.8 Å². The minimum Gasteiger partial charge on any atom is -0.496 e. The first-order valence-electron chi connectivity index (χ1n) is 9.29. The number of anilines is 1. The molecule has 1 heterocycles. The highest BCUT2D eigenvalue weighted by atomic mass is 32.2. The number of aryl methyl sites for hydroxylation is 1. The van der Waals surface area contributed by atoms with E-state index in [0.717, 1.165) is 5.56 Å². The SMILES string of the molecule is C=CCn1c(SCC(=O)Nc2ccc([N+](=O)[O-])cc2C)nnc1-c1ccccc1OC. The fraction of sp³-hybridized carbons (Fsp3) is 0.190. The molecule has 3 rings (SSSR count). The van der Waals surface area contributed by atoms with E-state index < -0.39 is 4.92 Å². The van der Waals surface area contributed by atoms with E-state index in [0.29, 0.717) is 34.5 Å². The number of amides is 1. The van der Waals surface area contributed by atoms with Crippen LogP contribution in [0.4, 0.5) is 11.4 Å². The van der Waals surface area contributed by atoms with E-state index in [9.17, 15) is 14.9 Å². The zero-order chi connectivity index (χ0) is 22.4. The van der Waals surface area contributed by atoms with E-state index in [-0.39, 0.29) is 17.3 Å². The van der Waals surface area contributed by atoms with E-state index >= 15 is 0 Å². The molecule has 0 saturated heterocycles. The summed E-state index contributed by atoms with van der Waals surface area (Å²) in [5.41, 5.74) is 1.91. The Morgan fingerprint density at radius 2 is 2.10 bits per heavy atom. The van der Waals surface area contributed by atoms with Crippen LogP contribution >= 0.6 is 11.8 Å². The Morgan fingerprint density at radius 3 is 2.77 bits per heavy atom. The predicted octanol–water partition coefficient (Wildman–Crippen LogP) is 4.09. The summed E-state index contributed by atoms with van der Waals surface area (Å²) in [7, 11) is 1.59. The van der Waals surface area contributed by atoms with Crippen LogP contribution in [0.15, 0.2) is 60.3 Å². The molecule has 9 nitrogen and oxygen atoms in total. The summed E-state index contributed by atoms with van der Waals surface area (Å²) in [4.78, 5) is 22.8. The van der Waals surface area contributed by atoms with Gasteiger partial charge < -0.3 is 10.1 Å². The van der Waals surface area contributed by atoms with Crippen LogP contribution in [0.1, 0.15) is 5.56 Å². The summed E-state index contributed by atoms with van der Waals surface area (Å²) in [6.45, 7) is 5.96. The van der Waals surface area contributed by atoms with E-state index in [1.54, 1.807) is 20.1 Å². The number of hydrogen-bond donors (Lipinski definition) is 1. The number of para-hydroxylation sites is 1. The summed E-state index contributed by atoms with van der Waals surface area (Å²) >= 11 is 1.24. The number of rotatable bonds is 9. The van der Waals surface area contributed by atoms with E-state index in [4.69, 9.17) is 4.74 Å². The van der Waals surface area contributed by atoms with Gasteiger partial charge in [-0.05, 0) is 30.7 Å². The number of ether oxygens (including phenoxy) is 1. The van der Waals surface area contributed by atoms with Gasteiger partial charge in [0, 0.05) is 24.4 Å². The Kier molecular flexibility index (Phi) is 7.03. The second-order valence-electron chi connectivity index (χ2n) is 6.50. The first-order chi connectivity index (χ1) is 14.9. The number of benzene rings is 2. The fourth-order valence-electron chi connectivity index (χ4n) is 2.94. The zero-order valence-corrected chi connectivity index (χ0v) is 17.9. The number of thioether (sulfide) groups is 1. The van der Waals surface area contributed by atoms with Crippen molar-refractivity contribution >= 4 is 29.0 Å². The lowest BCUT2D eigenvalue weighted by Gasteiger charge is -2.11. The molecule has 1 amide bonds. The topological polar surface area (TPSA) is 112 Å². The second kappa shape index (κ2) is 9.90. The third kappa shape index (κ3) is 5.10. The average molecular weight is 439 g/mol. The van der Waals surface area contributed by atoms with E-state index in [1.165, 1.54) is 30.0 Å². The highest BCUT2D eigenvalue weighted by molar-refractivity contribution is 7.99. The minimum atomic E-state index is -0.472. The molecule has 10 heteroatoms. The van der Waals surface area contributed by atoms with Gasteiger partial charge in [-0.15, -0.1) is 16.8 Å². The standard InChI is InChI=1S/C21H21N5O4S/c1-4-11-25-20(16-7-5-6-8-18(16)30-3)23-24-21(25)31-13-19(27)22-17-10-9-15(26(28)29)12-14(17)2/h4-10,12H,1,11,13H2,2-3H3,(H,22,27). The maximum Gasteiger partial charge on any atom is 0.269 e. The molecule has 0 unspecified atom stereocenters. The van der Waals surface area contributed by atoms with Crippen LogP contribution in [0.2, 0.25) is 0 Å². The van der Waals surface area contributed by atoms with Crippen molar-refractivity contribution in [1.29, 1.82) is 0 Å². The highest BCUT2D eigenvalue weighted by Gasteiger charge is 2.18. The quantitative estimate of drug-likeness (QED) is 0.231. The van der Waals surface area contributed by atoms with Crippen LogP contribution < -0.4 is 10.1 Å². The van der Waals surface area contributed by atoms with Gasteiger partial charge in [-0.2, -0.15) is 0 Å². The predicted molar refractivity (Wildman–Crippen MR) is 119 cm³/mol. The molecule has 0 spiro atoms. The summed E-state index contributed by atoms with van der Waals surface area (Å²) in [6, 6.07) is 11.8. The number of carbonyl (C=O) groups excluding carboxylic acids is 1. The number of nitro groups is 1. The van der Waals surface area contributed by atoms with Gasteiger partial charge >= 0.3 is 0 Å². The molecule has 0 aliphatic carbocycles.